The number of ether oxygens (including phenoxy) is 1. The van der Waals surface area contributed by atoms with Crippen LogP contribution in [-0.4, -0.2) is 37.7 Å². The monoisotopic (exact) mass is 454 g/mol. The highest BCUT2D eigenvalue weighted by Crippen LogP contribution is 2.35. The number of carbonyl (C=O) groups is 1. The maximum Gasteiger partial charge on any atom is 0.256 e. The standard InChI is InChI=1S/C25H19FN6O2/c1-32-13-18(21(31-32)15-6-4-3-5-7-15)22-23-19(27-14-28-22)12-20(34-2)24(29-23)30-25(33)16-8-10-17(26)11-9-16/h3-14H,1-2H3,(H,29,30,33). The molecule has 0 spiro atoms. The number of rotatable bonds is 5. The van der Waals surface area contributed by atoms with E-state index >= 15 is 0 Å². The van der Waals surface area contributed by atoms with Gasteiger partial charge in [-0.3, -0.25) is 9.48 Å². The summed E-state index contributed by atoms with van der Waals surface area (Å²) < 4.78 is 20.4. The summed E-state index contributed by atoms with van der Waals surface area (Å²) in [7, 11) is 3.32. The van der Waals surface area contributed by atoms with Gasteiger partial charge in [0.2, 0.25) is 0 Å². The van der Waals surface area contributed by atoms with E-state index in [9.17, 15) is 9.18 Å². The molecule has 0 saturated heterocycles. The fourth-order valence-corrected chi connectivity index (χ4v) is 3.66. The Bertz CT molecular complexity index is 1500. The third-order valence-corrected chi connectivity index (χ3v) is 5.26. The van der Waals surface area contributed by atoms with Crippen molar-refractivity contribution in [3.63, 3.8) is 0 Å². The van der Waals surface area contributed by atoms with E-state index in [1.807, 2.05) is 43.6 Å². The van der Waals surface area contributed by atoms with Crippen molar-refractivity contribution < 1.29 is 13.9 Å². The quantitative estimate of drug-likeness (QED) is 0.420. The number of nitrogens with zero attached hydrogens (tertiary/aromatic N) is 5. The van der Waals surface area contributed by atoms with Crippen molar-refractivity contribution in [2.75, 3.05) is 12.4 Å². The molecule has 0 radical (unpaired) electrons. The molecule has 0 fully saturated rings. The van der Waals surface area contributed by atoms with Crippen LogP contribution in [0.1, 0.15) is 10.4 Å². The highest BCUT2D eigenvalue weighted by atomic mass is 19.1. The van der Waals surface area contributed by atoms with Crippen molar-refractivity contribution in [1.82, 2.24) is 24.7 Å². The van der Waals surface area contributed by atoms with Gasteiger partial charge >= 0.3 is 0 Å². The summed E-state index contributed by atoms with van der Waals surface area (Å²) >= 11 is 0. The molecular formula is C25H19FN6O2. The van der Waals surface area contributed by atoms with E-state index in [2.05, 4.69) is 25.4 Å². The second-order valence-corrected chi connectivity index (χ2v) is 7.52. The van der Waals surface area contributed by atoms with Crippen LogP contribution in [0.25, 0.3) is 33.5 Å². The summed E-state index contributed by atoms with van der Waals surface area (Å²) in [4.78, 5) is 26.2. The Kier molecular flexibility index (Phi) is 5.43. The van der Waals surface area contributed by atoms with Crippen LogP contribution in [0.2, 0.25) is 0 Å². The number of hydrogen-bond donors (Lipinski definition) is 1. The Morgan fingerprint density at radius 2 is 1.79 bits per heavy atom. The number of aromatic nitrogens is 5. The lowest BCUT2D eigenvalue weighted by molar-refractivity contribution is 0.102. The van der Waals surface area contributed by atoms with Gasteiger partial charge in [0.25, 0.3) is 5.91 Å². The molecule has 0 unspecified atom stereocenters. The largest absolute Gasteiger partial charge is 0.493 e. The summed E-state index contributed by atoms with van der Waals surface area (Å²) in [6.45, 7) is 0. The average molecular weight is 454 g/mol. The van der Waals surface area contributed by atoms with E-state index in [1.54, 1.807) is 10.7 Å². The van der Waals surface area contributed by atoms with Crippen molar-refractivity contribution in [1.29, 1.82) is 0 Å². The van der Waals surface area contributed by atoms with E-state index in [0.29, 0.717) is 22.5 Å². The SMILES string of the molecule is COc1cc2ncnc(-c3cn(C)nc3-c3ccccc3)c2nc1NC(=O)c1ccc(F)cc1. The van der Waals surface area contributed by atoms with Crippen LogP contribution in [-0.2, 0) is 7.05 Å². The van der Waals surface area contributed by atoms with Crippen molar-refractivity contribution in [3.05, 3.63) is 84.6 Å². The zero-order chi connectivity index (χ0) is 23.7. The molecule has 8 nitrogen and oxygen atoms in total. The van der Waals surface area contributed by atoms with Crippen LogP contribution in [0.5, 0.6) is 5.75 Å². The minimum atomic E-state index is -0.449. The van der Waals surface area contributed by atoms with Crippen LogP contribution >= 0.6 is 0 Å². The topological polar surface area (TPSA) is 94.8 Å². The summed E-state index contributed by atoms with van der Waals surface area (Å²) in [6, 6.07) is 16.7. The summed E-state index contributed by atoms with van der Waals surface area (Å²) in [5.74, 6) is -0.340. The first-order chi connectivity index (χ1) is 16.5. The fourth-order valence-electron chi connectivity index (χ4n) is 3.66. The normalized spacial score (nSPS) is 10.9. The van der Waals surface area contributed by atoms with Gasteiger partial charge in [-0.05, 0) is 24.3 Å². The van der Waals surface area contributed by atoms with Crippen LogP contribution in [0, 0.1) is 5.82 Å². The number of nitrogens with one attached hydrogen (secondary N) is 1. The van der Waals surface area contributed by atoms with Crippen LogP contribution < -0.4 is 10.1 Å². The van der Waals surface area contributed by atoms with Crippen LogP contribution in [0.4, 0.5) is 10.2 Å². The smallest absolute Gasteiger partial charge is 0.256 e. The van der Waals surface area contributed by atoms with Crippen molar-refractivity contribution in [2.45, 2.75) is 0 Å². The van der Waals surface area contributed by atoms with Gasteiger partial charge in [-0.1, -0.05) is 30.3 Å². The van der Waals surface area contributed by atoms with Crippen molar-refractivity contribution >= 4 is 22.8 Å². The average Bonchev–Trinajstić information content (AvgIpc) is 3.25. The van der Waals surface area contributed by atoms with Gasteiger partial charge in [0.15, 0.2) is 11.6 Å². The second-order valence-electron chi connectivity index (χ2n) is 7.52. The number of carbonyl (C=O) groups excluding carboxylic acids is 1. The van der Waals surface area contributed by atoms with Gasteiger partial charge in [-0.25, -0.2) is 19.3 Å². The Balaban J connectivity index is 1.63. The molecule has 0 aliphatic carbocycles. The van der Waals surface area contributed by atoms with Crippen molar-refractivity contribution in [3.8, 4) is 28.3 Å². The highest BCUT2D eigenvalue weighted by molar-refractivity contribution is 6.05. The number of halogens is 1. The number of pyridine rings is 1. The number of amides is 1. The molecule has 9 heteroatoms. The molecule has 5 rings (SSSR count). The molecule has 3 aromatic heterocycles. The Morgan fingerprint density at radius 3 is 2.53 bits per heavy atom. The van der Waals surface area contributed by atoms with Gasteiger partial charge in [0.1, 0.15) is 29.0 Å². The molecule has 168 valence electrons. The van der Waals surface area contributed by atoms with Gasteiger partial charge in [-0.15, -0.1) is 0 Å². The minimum absolute atomic E-state index is 0.200. The van der Waals surface area contributed by atoms with Gasteiger partial charge in [0.05, 0.1) is 12.6 Å². The molecule has 0 saturated carbocycles. The Hall–Kier alpha value is -4.66. The summed E-state index contributed by atoms with van der Waals surface area (Å²) in [5, 5.41) is 7.36. The third kappa shape index (κ3) is 3.95. The Labute approximate surface area is 194 Å². The zero-order valence-electron chi connectivity index (χ0n) is 18.4. The maximum absolute atomic E-state index is 13.2. The first kappa shape index (κ1) is 21.2. The molecule has 0 aliphatic heterocycles. The van der Waals surface area contributed by atoms with E-state index < -0.39 is 11.7 Å². The predicted octanol–water partition coefficient (Wildman–Crippen LogP) is 4.49. The number of methoxy groups -OCH3 is 1. The number of anilines is 1. The second kappa shape index (κ2) is 8.70. The third-order valence-electron chi connectivity index (χ3n) is 5.26. The number of hydrogen-bond acceptors (Lipinski definition) is 6. The molecule has 5 aromatic rings. The highest BCUT2D eigenvalue weighted by Gasteiger charge is 2.20. The van der Waals surface area contributed by atoms with Crippen LogP contribution in [0.15, 0.2) is 73.2 Å². The first-order valence-electron chi connectivity index (χ1n) is 10.4. The molecule has 0 atom stereocenters. The first-order valence-corrected chi connectivity index (χ1v) is 10.4. The molecule has 0 aliphatic rings. The van der Waals surface area contributed by atoms with E-state index in [1.165, 1.54) is 37.7 Å². The van der Waals surface area contributed by atoms with Gasteiger partial charge in [-0.2, -0.15) is 5.10 Å². The predicted molar refractivity (Wildman–Crippen MR) is 126 cm³/mol. The van der Waals surface area contributed by atoms with Gasteiger partial charge < -0.3 is 10.1 Å². The number of fused-ring (bicyclic) bond motifs is 1. The lowest BCUT2D eigenvalue weighted by atomic mass is 10.0. The lowest BCUT2D eigenvalue weighted by Crippen LogP contribution is -2.14. The van der Waals surface area contributed by atoms with Gasteiger partial charge in [0, 0.05) is 36.0 Å². The minimum Gasteiger partial charge on any atom is -0.493 e. The summed E-state index contributed by atoms with van der Waals surface area (Å²) in [5.41, 5.74) is 4.33. The van der Waals surface area contributed by atoms with E-state index in [4.69, 9.17) is 4.74 Å². The lowest BCUT2D eigenvalue weighted by Gasteiger charge is -2.12. The molecule has 1 N–H and O–H groups in total. The van der Waals surface area contributed by atoms with Crippen molar-refractivity contribution in [2.24, 2.45) is 7.05 Å². The molecule has 3 heterocycles. The van der Waals surface area contributed by atoms with E-state index in [-0.39, 0.29) is 11.4 Å². The van der Waals surface area contributed by atoms with E-state index in [0.717, 1.165) is 16.8 Å². The Morgan fingerprint density at radius 1 is 1.03 bits per heavy atom. The number of aryl methyl sites for hydroxylation is 1. The summed E-state index contributed by atoms with van der Waals surface area (Å²) in [6.07, 6.45) is 3.32. The molecular weight excluding hydrogens is 435 g/mol. The zero-order valence-corrected chi connectivity index (χ0v) is 18.4. The van der Waals surface area contributed by atoms with Crippen LogP contribution in [0.3, 0.4) is 0 Å². The maximum atomic E-state index is 13.2. The fraction of sp³-hybridized carbons (Fsp3) is 0.0800. The molecule has 2 aromatic carbocycles. The molecule has 34 heavy (non-hydrogen) atoms. The number of benzene rings is 2. The molecule has 0 bridgehead atoms. The molecule has 1 amide bonds.